The molecule has 0 N–H and O–H groups in total. The zero-order chi connectivity index (χ0) is 11.0. The lowest BCUT2D eigenvalue weighted by Gasteiger charge is -2.00. The van der Waals surface area contributed by atoms with Crippen LogP contribution >= 0.6 is 0 Å². The number of carbonyl (C=O) groups excluding carboxylic acids is 1. The molecule has 0 amide bonds. The Morgan fingerprint density at radius 3 is 2.07 bits per heavy atom. The highest BCUT2D eigenvalue weighted by Gasteiger charge is 1.96. The van der Waals surface area contributed by atoms with E-state index in [1.54, 1.807) is 24.3 Å². The van der Waals surface area contributed by atoms with Gasteiger partial charge >= 0.3 is 0 Å². The maximum atomic E-state index is 10.4. The number of rotatable bonds is 3. The number of hydrogen-bond acceptors (Lipinski definition) is 1. The highest BCUT2D eigenvalue weighted by atomic mass is 16.1. The molecule has 1 nitrogen and oxygen atoms in total. The molecule has 1 aromatic rings. The van der Waals surface area contributed by atoms with Crippen molar-refractivity contribution in [3.05, 3.63) is 48.0 Å². The molecule has 0 aliphatic heterocycles. The summed E-state index contributed by atoms with van der Waals surface area (Å²) in [6.07, 6.45) is 4.27. The van der Waals surface area contributed by atoms with E-state index in [9.17, 15) is 4.79 Å². The maximum absolute atomic E-state index is 10.4. The van der Waals surface area contributed by atoms with E-state index in [-0.39, 0.29) is 0 Å². The molecule has 1 heteroatoms. The molecule has 1 aromatic carbocycles. The second kappa shape index (κ2) is 6.84. The van der Waals surface area contributed by atoms with E-state index in [0.29, 0.717) is 5.56 Å². The van der Waals surface area contributed by atoms with Crippen LogP contribution in [0.5, 0.6) is 0 Å². The number of carbonyl (C=O) groups is 1. The van der Waals surface area contributed by atoms with Gasteiger partial charge in [0.15, 0.2) is 0 Å². The van der Waals surface area contributed by atoms with Crippen molar-refractivity contribution in [2.45, 2.75) is 13.8 Å². The Hall–Kier alpha value is -1.63. The van der Waals surface area contributed by atoms with Gasteiger partial charge in [0, 0.05) is 5.56 Å². The van der Waals surface area contributed by atoms with Crippen molar-refractivity contribution in [2.24, 2.45) is 0 Å². The Kier molecular flexibility index (Phi) is 6.04. The van der Waals surface area contributed by atoms with E-state index in [1.807, 2.05) is 19.9 Å². The van der Waals surface area contributed by atoms with Crippen LogP contribution in [0.2, 0.25) is 0 Å². The van der Waals surface area contributed by atoms with Gasteiger partial charge in [0.1, 0.15) is 6.29 Å². The fourth-order valence-corrected chi connectivity index (χ4v) is 1.03. The standard InChI is InChI=1S/C11H10O.C2H6/c1-3-10-6-5-9(8-12)7-11(10)4-2;1-2/h3-8H,1-2H2;1-2H3. The molecule has 0 aliphatic carbocycles. The molecule has 0 aliphatic rings. The van der Waals surface area contributed by atoms with Gasteiger partial charge in [0.05, 0.1) is 0 Å². The van der Waals surface area contributed by atoms with Gasteiger partial charge in [0.25, 0.3) is 0 Å². The number of hydrogen-bond donors (Lipinski definition) is 0. The summed E-state index contributed by atoms with van der Waals surface area (Å²) in [5, 5.41) is 0. The fraction of sp³-hybridized carbons (Fsp3) is 0.154. The van der Waals surface area contributed by atoms with Crippen molar-refractivity contribution in [1.29, 1.82) is 0 Å². The predicted octanol–water partition coefficient (Wildman–Crippen LogP) is 3.81. The van der Waals surface area contributed by atoms with E-state index in [4.69, 9.17) is 0 Å². The van der Waals surface area contributed by atoms with E-state index >= 15 is 0 Å². The lowest BCUT2D eigenvalue weighted by atomic mass is 10.0. The average Bonchev–Trinajstić information content (AvgIpc) is 2.30. The summed E-state index contributed by atoms with van der Waals surface area (Å²) < 4.78 is 0. The maximum Gasteiger partial charge on any atom is 0.150 e. The molecule has 0 saturated heterocycles. The lowest BCUT2D eigenvalue weighted by molar-refractivity contribution is 0.112. The van der Waals surface area contributed by atoms with Crippen LogP contribution < -0.4 is 0 Å². The van der Waals surface area contributed by atoms with Crippen molar-refractivity contribution < 1.29 is 4.79 Å². The van der Waals surface area contributed by atoms with Crippen LogP contribution in [0.1, 0.15) is 35.3 Å². The quantitative estimate of drug-likeness (QED) is 0.659. The molecule has 14 heavy (non-hydrogen) atoms. The van der Waals surface area contributed by atoms with Crippen LogP contribution in [0.3, 0.4) is 0 Å². The first-order valence-electron chi connectivity index (χ1n) is 4.66. The van der Waals surface area contributed by atoms with Gasteiger partial charge in [-0.2, -0.15) is 0 Å². The third-order valence-corrected chi connectivity index (χ3v) is 1.69. The molecule has 1 rings (SSSR count). The van der Waals surface area contributed by atoms with Crippen LogP contribution in [0.4, 0.5) is 0 Å². The summed E-state index contributed by atoms with van der Waals surface area (Å²) in [7, 11) is 0. The minimum Gasteiger partial charge on any atom is -0.298 e. The van der Waals surface area contributed by atoms with Gasteiger partial charge in [-0.1, -0.05) is 51.3 Å². The zero-order valence-corrected chi connectivity index (χ0v) is 8.79. The van der Waals surface area contributed by atoms with Gasteiger partial charge < -0.3 is 0 Å². The van der Waals surface area contributed by atoms with Gasteiger partial charge in [-0.05, 0) is 17.2 Å². The molecule has 74 valence electrons. The highest BCUT2D eigenvalue weighted by Crippen LogP contribution is 2.13. The Bertz CT molecular complexity index is 324. The fourth-order valence-electron chi connectivity index (χ4n) is 1.03. The van der Waals surface area contributed by atoms with E-state index < -0.39 is 0 Å². The molecule has 0 bridgehead atoms. The normalized spacial score (nSPS) is 8.14. The highest BCUT2D eigenvalue weighted by molar-refractivity contribution is 5.78. The van der Waals surface area contributed by atoms with Gasteiger partial charge in [-0.25, -0.2) is 0 Å². The smallest absolute Gasteiger partial charge is 0.150 e. The summed E-state index contributed by atoms with van der Waals surface area (Å²) in [4.78, 5) is 10.4. The number of aldehydes is 1. The number of benzene rings is 1. The van der Waals surface area contributed by atoms with E-state index in [0.717, 1.165) is 17.4 Å². The first-order valence-corrected chi connectivity index (χ1v) is 4.66. The molecule has 0 atom stereocenters. The van der Waals surface area contributed by atoms with Gasteiger partial charge in [0.2, 0.25) is 0 Å². The second-order valence-corrected chi connectivity index (χ2v) is 2.41. The third kappa shape index (κ3) is 3.02. The van der Waals surface area contributed by atoms with Crippen LogP contribution in [0, 0.1) is 0 Å². The molecule has 0 fully saturated rings. The third-order valence-electron chi connectivity index (χ3n) is 1.69. The SMILES string of the molecule is C=Cc1ccc(C=O)cc1C=C.CC. The van der Waals surface area contributed by atoms with Crippen molar-refractivity contribution >= 4 is 18.4 Å². The molecule has 0 unspecified atom stereocenters. The molecular formula is C13H16O. The van der Waals surface area contributed by atoms with Crippen molar-refractivity contribution in [3.63, 3.8) is 0 Å². The monoisotopic (exact) mass is 188 g/mol. The van der Waals surface area contributed by atoms with Crippen LogP contribution in [0.25, 0.3) is 12.2 Å². The summed E-state index contributed by atoms with van der Waals surface area (Å²) in [5.74, 6) is 0. The molecule has 0 aromatic heterocycles. The van der Waals surface area contributed by atoms with E-state index in [1.165, 1.54) is 0 Å². The summed E-state index contributed by atoms with van der Waals surface area (Å²) >= 11 is 0. The Morgan fingerprint density at radius 1 is 1.07 bits per heavy atom. The van der Waals surface area contributed by atoms with Gasteiger partial charge in [-0.15, -0.1) is 0 Å². The Morgan fingerprint density at radius 2 is 1.64 bits per heavy atom. The Labute approximate surface area is 85.8 Å². The van der Waals surface area contributed by atoms with Crippen molar-refractivity contribution in [1.82, 2.24) is 0 Å². The zero-order valence-electron chi connectivity index (χ0n) is 8.79. The van der Waals surface area contributed by atoms with Crippen LogP contribution in [-0.2, 0) is 0 Å². The average molecular weight is 188 g/mol. The van der Waals surface area contributed by atoms with Gasteiger partial charge in [-0.3, -0.25) is 4.79 Å². The largest absolute Gasteiger partial charge is 0.298 e. The summed E-state index contributed by atoms with van der Waals surface area (Å²) in [5.41, 5.74) is 2.60. The first kappa shape index (κ1) is 12.4. The van der Waals surface area contributed by atoms with E-state index in [2.05, 4.69) is 13.2 Å². The van der Waals surface area contributed by atoms with Crippen molar-refractivity contribution in [2.75, 3.05) is 0 Å². The van der Waals surface area contributed by atoms with Crippen molar-refractivity contribution in [3.8, 4) is 0 Å². The van der Waals surface area contributed by atoms with Crippen LogP contribution in [-0.4, -0.2) is 6.29 Å². The minimum absolute atomic E-state index is 0.663. The molecular weight excluding hydrogens is 172 g/mol. The summed E-state index contributed by atoms with van der Waals surface area (Å²) in [6.45, 7) is 11.3. The van der Waals surface area contributed by atoms with Crippen LogP contribution in [0.15, 0.2) is 31.4 Å². The topological polar surface area (TPSA) is 17.1 Å². The first-order chi connectivity index (χ1) is 6.81. The lowest BCUT2D eigenvalue weighted by Crippen LogP contribution is -1.84. The Balaban J connectivity index is 0.000000791. The molecule has 0 saturated carbocycles. The summed E-state index contributed by atoms with van der Waals surface area (Å²) in [6, 6.07) is 5.40. The molecule has 0 spiro atoms. The predicted molar refractivity (Wildman–Crippen MR) is 63.4 cm³/mol. The minimum atomic E-state index is 0.663. The molecule has 0 heterocycles. The molecule has 0 radical (unpaired) electrons. The second-order valence-electron chi connectivity index (χ2n) is 2.41.